The fourth-order valence-electron chi connectivity index (χ4n) is 4.50. The molecule has 1 aromatic carbocycles. The minimum atomic E-state index is -3.69. The summed E-state index contributed by atoms with van der Waals surface area (Å²) in [6.45, 7) is 8.78. The number of fused-ring (bicyclic) bond motifs is 1. The van der Waals surface area contributed by atoms with Crippen LogP contribution in [0.4, 0.5) is 10.1 Å². The van der Waals surface area contributed by atoms with Gasteiger partial charge in [-0.1, -0.05) is 12.1 Å². The first-order chi connectivity index (χ1) is 14.6. The third-order valence-corrected chi connectivity index (χ3v) is 8.11. The van der Waals surface area contributed by atoms with Crippen molar-refractivity contribution in [3.8, 4) is 0 Å². The van der Waals surface area contributed by atoms with Crippen molar-refractivity contribution in [2.75, 3.05) is 12.8 Å². The molecule has 9 heteroatoms. The normalized spacial score (nSPS) is 24.8. The average Bonchev–Trinajstić information content (AvgIpc) is 2.72. The molecule has 1 aliphatic heterocycles. The summed E-state index contributed by atoms with van der Waals surface area (Å²) in [5.74, 6) is -0.861. The molecule has 7 nitrogen and oxygen atoms in total. The van der Waals surface area contributed by atoms with Crippen LogP contribution in [0.1, 0.15) is 48.1 Å². The largest absolute Gasteiger partial charge is 0.369 e. The Hall–Kier alpha value is -2.99. The van der Waals surface area contributed by atoms with E-state index in [9.17, 15) is 12.8 Å². The van der Waals surface area contributed by atoms with Crippen molar-refractivity contribution < 1.29 is 12.8 Å². The number of benzene rings is 1. The summed E-state index contributed by atoms with van der Waals surface area (Å²) < 4.78 is 40.7. The molecule has 0 bridgehead atoms. The first-order valence-corrected chi connectivity index (χ1v) is 11.7. The van der Waals surface area contributed by atoms with Gasteiger partial charge >= 0.3 is 0 Å². The van der Waals surface area contributed by atoms with Crippen LogP contribution in [0.2, 0.25) is 0 Å². The minimum absolute atomic E-state index is 0.153. The van der Waals surface area contributed by atoms with E-state index in [0.29, 0.717) is 12.1 Å². The highest BCUT2D eigenvalue weighted by molar-refractivity contribution is 7.89. The van der Waals surface area contributed by atoms with E-state index in [4.69, 9.17) is 12.3 Å². The van der Waals surface area contributed by atoms with E-state index in [2.05, 4.69) is 14.8 Å². The molecule has 0 saturated carbocycles. The van der Waals surface area contributed by atoms with Gasteiger partial charge in [-0.05, 0) is 55.9 Å². The summed E-state index contributed by atoms with van der Waals surface area (Å²) in [4.78, 5) is 12.3. The van der Waals surface area contributed by atoms with Gasteiger partial charge in [0.1, 0.15) is 11.4 Å². The molecule has 4 rings (SSSR count). The second-order valence-corrected chi connectivity index (χ2v) is 10.4. The van der Waals surface area contributed by atoms with Crippen LogP contribution in [-0.4, -0.2) is 36.5 Å². The van der Waals surface area contributed by atoms with Crippen LogP contribution in [0.25, 0.3) is 4.85 Å². The van der Waals surface area contributed by atoms with E-state index >= 15 is 0 Å². The first-order valence-electron chi connectivity index (χ1n) is 10.1. The number of aromatic nitrogens is 1. The molecule has 162 valence electrons. The standard InChI is InChI=1S/C22H24FN5O2S/c1-22(13-31(29,30)28(3)21(24)27-22)18-10-14(7-8-19(18)23)9-15-5-4-6-16-11-17(25-2)12-26-20(15)16/h7-8,10-12,15H,4-6,9,13H2,1,3H3,(H2,24,27)/t15-,22+/m1/s1. The van der Waals surface area contributed by atoms with Crippen LogP contribution in [0, 0.1) is 12.4 Å². The van der Waals surface area contributed by atoms with Gasteiger partial charge in [-0.25, -0.2) is 27.0 Å². The van der Waals surface area contributed by atoms with Crippen LogP contribution in [0.3, 0.4) is 0 Å². The van der Waals surface area contributed by atoms with Crippen LogP contribution >= 0.6 is 0 Å². The van der Waals surface area contributed by atoms with Gasteiger partial charge in [0.05, 0.1) is 12.3 Å². The molecule has 1 aromatic heterocycles. The molecule has 2 aromatic rings. The Labute approximate surface area is 181 Å². The molecule has 2 aliphatic rings. The number of halogens is 1. The number of pyridine rings is 1. The number of nitrogens with two attached hydrogens (primary N) is 1. The van der Waals surface area contributed by atoms with Crippen molar-refractivity contribution in [2.45, 2.75) is 44.1 Å². The lowest BCUT2D eigenvalue weighted by molar-refractivity contribution is 0.456. The lowest BCUT2D eigenvalue weighted by Crippen LogP contribution is -2.50. The molecule has 0 saturated heterocycles. The molecule has 1 aliphatic carbocycles. The number of hydrogen-bond acceptors (Lipinski definition) is 5. The average molecular weight is 442 g/mol. The Morgan fingerprint density at radius 2 is 2.16 bits per heavy atom. The van der Waals surface area contributed by atoms with Crippen LogP contribution in [-0.2, 0) is 28.4 Å². The fraction of sp³-hybridized carbons (Fsp3) is 0.409. The molecule has 0 unspecified atom stereocenters. The Kier molecular flexibility index (Phi) is 5.21. The Bertz CT molecular complexity index is 1220. The molecule has 0 radical (unpaired) electrons. The second-order valence-electron chi connectivity index (χ2n) is 8.42. The van der Waals surface area contributed by atoms with Gasteiger partial charge in [0.25, 0.3) is 0 Å². The zero-order valence-corrected chi connectivity index (χ0v) is 18.3. The van der Waals surface area contributed by atoms with Gasteiger partial charge < -0.3 is 5.73 Å². The lowest BCUT2D eigenvalue weighted by atomic mass is 9.82. The van der Waals surface area contributed by atoms with Gasteiger partial charge in [0.15, 0.2) is 0 Å². The van der Waals surface area contributed by atoms with Crippen LogP contribution in [0.5, 0.6) is 0 Å². The molecule has 31 heavy (non-hydrogen) atoms. The maximum absolute atomic E-state index is 14.8. The van der Waals surface area contributed by atoms with E-state index in [-0.39, 0.29) is 23.2 Å². The predicted octanol–water partition coefficient (Wildman–Crippen LogP) is 3.24. The topological polar surface area (TPSA) is 93.0 Å². The Balaban J connectivity index is 1.69. The smallest absolute Gasteiger partial charge is 0.239 e. The van der Waals surface area contributed by atoms with Crippen molar-refractivity contribution in [3.05, 3.63) is 70.1 Å². The van der Waals surface area contributed by atoms with Crippen molar-refractivity contribution in [2.24, 2.45) is 10.7 Å². The number of sulfonamides is 1. The van der Waals surface area contributed by atoms with E-state index in [1.165, 1.54) is 13.1 Å². The molecular formula is C22H24FN5O2S. The highest BCUT2D eigenvalue weighted by Gasteiger charge is 2.41. The Morgan fingerprint density at radius 3 is 2.87 bits per heavy atom. The number of guanidine groups is 1. The summed E-state index contributed by atoms with van der Waals surface area (Å²) in [6, 6.07) is 6.69. The van der Waals surface area contributed by atoms with Crippen LogP contribution < -0.4 is 5.73 Å². The highest BCUT2D eigenvalue weighted by Crippen LogP contribution is 2.37. The number of aliphatic imine (C=N–C) groups is 1. The maximum Gasteiger partial charge on any atom is 0.239 e. The van der Waals surface area contributed by atoms with E-state index < -0.39 is 21.4 Å². The number of rotatable bonds is 3. The molecule has 2 heterocycles. The van der Waals surface area contributed by atoms with E-state index in [0.717, 1.165) is 40.4 Å². The molecule has 0 amide bonds. The molecule has 2 N–H and O–H groups in total. The summed E-state index contributed by atoms with van der Waals surface area (Å²) in [6.07, 6.45) is 5.09. The van der Waals surface area contributed by atoms with Crippen molar-refractivity contribution in [1.82, 2.24) is 9.29 Å². The summed E-state index contributed by atoms with van der Waals surface area (Å²) >= 11 is 0. The second kappa shape index (κ2) is 7.61. The minimum Gasteiger partial charge on any atom is -0.369 e. The number of hydrogen-bond donors (Lipinski definition) is 1. The van der Waals surface area contributed by atoms with E-state index in [1.807, 2.05) is 6.07 Å². The van der Waals surface area contributed by atoms with Gasteiger partial charge in [0.2, 0.25) is 21.7 Å². The zero-order valence-electron chi connectivity index (χ0n) is 17.5. The summed E-state index contributed by atoms with van der Waals surface area (Å²) in [5, 5.41) is 0. The van der Waals surface area contributed by atoms with Gasteiger partial charge in [-0.3, -0.25) is 4.98 Å². The van der Waals surface area contributed by atoms with E-state index in [1.54, 1.807) is 25.3 Å². The Morgan fingerprint density at radius 1 is 1.39 bits per heavy atom. The SMILES string of the molecule is [C-]#[N+]c1cnc2c(c1)CCC[C@@H]2Cc1ccc(F)c([C@]2(C)CS(=O)(=O)N(C)C(N)=N2)c1. The quantitative estimate of drug-likeness (QED) is 0.740. The van der Waals surface area contributed by atoms with Gasteiger partial charge in [0, 0.05) is 30.4 Å². The summed E-state index contributed by atoms with van der Waals surface area (Å²) in [5.41, 5.74) is 8.25. The third-order valence-electron chi connectivity index (χ3n) is 6.16. The molecule has 0 fully saturated rings. The monoisotopic (exact) mass is 441 g/mol. The zero-order chi connectivity index (χ0) is 22.4. The fourth-order valence-corrected chi connectivity index (χ4v) is 5.95. The highest BCUT2D eigenvalue weighted by atomic mass is 32.2. The van der Waals surface area contributed by atoms with Crippen LogP contribution in [0.15, 0.2) is 35.5 Å². The third kappa shape index (κ3) is 3.88. The number of aryl methyl sites for hydroxylation is 1. The first kappa shape index (κ1) is 21.2. The predicted molar refractivity (Wildman–Crippen MR) is 117 cm³/mol. The molecule has 0 spiro atoms. The van der Waals surface area contributed by atoms with Gasteiger partial charge in [-0.2, -0.15) is 0 Å². The van der Waals surface area contributed by atoms with Crippen molar-refractivity contribution >= 4 is 21.7 Å². The van der Waals surface area contributed by atoms with Gasteiger partial charge in [-0.15, -0.1) is 0 Å². The van der Waals surface area contributed by atoms with Crippen molar-refractivity contribution in [3.63, 3.8) is 0 Å². The molecular weight excluding hydrogens is 417 g/mol. The van der Waals surface area contributed by atoms with Crippen molar-refractivity contribution in [1.29, 1.82) is 0 Å². The lowest BCUT2D eigenvalue weighted by Gasteiger charge is -2.35. The number of nitrogens with zero attached hydrogens (tertiary/aromatic N) is 4. The summed E-state index contributed by atoms with van der Waals surface area (Å²) in [7, 11) is -2.35. The maximum atomic E-state index is 14.8. The molecule has 2 atom stereocenters.